The Balaban J connectivity index is 1.71. The molecule has 0 spiro atoms. The van der Waals surface area contributed by atoms with E-state index < -0.39 is 0 Å². The Kier molecular flexibility index (Phi) is 7.17. The highest BCUT2D eigenvalue weighted by Gasteiger charge is 2.18. The van der Waals surface area contributed by atoms with E-state index in [1.54, 1.807) is 31.5 Å². The smallest absolute Gasteiger partial charge is 0.282 e. The zero-order chi connectivity index (χ0) is 26.1. The minimum Gasteiger partial charge on any atom is -0.493 e. The summed E-state index contributed by atoms with van der Waals surface area (Å²) in [4.78, 5) is 18.4. The molecular weight excluding hydrogens is 602 g/mol. The van der Waals surface area contributed by atoms with Gasteiger partial charge in [0, 0.05) is 19.9 Å². The second kappa shape index (κ2) is 10.5. The van der Waals surface area contributed by atoms with E-state index in [1.165, 1.54) is 4.68 Å². The number of methoxy groups -OCH3 is 1. The van der Waals surface area contributed by atoms with Crippen LogP contribution >= 0.6 is 31.9 Å². The lowest BCUT2D eigenvalue weighted by atomic mass is 10.2. The normalized spacial score (nSPS) is 12.5. The number of hydrogen-bond donors (Lipinski definition) is 0. The number of fused-ring (bicyclic) bond motifs is 2. The van der Waals surface area contributed by atoms with Crippen molar-refractivity contribution in [1.82, 2.24) is 9.66 Å². The Bertz CT molecular complexity index is 1710. The Hall–Kier alpha value is -3.43. The van der Waals surface area contributed by atoms with Gasteiger partial charge < -0.3 is 13.9 Å². The quantitative estimate of drug-likeness (QED) is 0.176. The van der Waals surface area contributed by atoms with Crippen LogP contribution in [0, 0.1) is 0 Å². The summed E-state index contributed by atoms with van der Waals surface area (Å²) in [5, 5.41) is 5.92. The largest absolute Gasteiger partial charge is 0.493 e. The van der Waals surface area contributed by atoms with E-state index in [1.807, 2.05) is 56.3 Å². The first-order chi connectivity index (χ1) is 17.9. The lowest BCUT2D eigenvalue weighted by molar-refractivity contribution is 0.207. The number of ether oxygens (including phenoxy) is 2. The van der Waals surface area contributed by atoms with Crippen molar-refractivity contribution in [2.45, 2.75) is 26.4 Å². The first-order valence-electron chi connectivity index (χ1n) is 11.7. The van der Waals surface area contributed by atoms with Gasteiger partial charge in [-0.2, -0.15) is 9.78 Å². The Morgan fingerprint density at radius 1 is 1.11 bits per heavy atom. The third-order valence-electron chi connectivity index (χ3n) is 5.93. The molecule has 37 heavy (non-hydrogen) atoms. The third-order valence-corrected chi connectivity index (χ3v) is 6.88. The van der Waals surface area contributed by atoms with Crippen LogP contribution in [-0.4, -0.2) is 29.1 Å². The summed E-state index contributed by atoms with van der Waals surface area (Å²) < 4.78 is 20.8. The molecule has 188 valence electrons. The van der Waals surface area contributed by atoms with Gasteiger partial charge in [-0.25, -0.2) is 4.98 Å². The highest BCUT2D eigenvalue weighted by Crippen LogP contribution is 2.35. The molecule has 2 aromatic heterocycles. The van der Waals surface area contributed by atoms with Crippen LogP contribution in [-0.2, 0) is 0 Å². The molecule has 0 N–H and O–H groups in total. The van der Waals surface area contributed by atoms with Crippen molar-refractivity contribution >= 4 is 59.9 Å². The molecule has 0 amide bonds. The van der Waals surface area contributed by atoms with E-state index in [9.17, 15) is 4.79 Å². The molecule has 0 saturated carbocycles. The second-order valence-corrected chi connectivity index (χ2v) is 10.3. The first kappa shape index (κ1) is 25.2. The SMILES string of the molecule is CC[C@@H](C)Oc1c(C=Nn2c(-c3cc4cc(Br)ccc4o3)nc3ccccc3c2=O)cc(Br)cc1OC. The van der Waals surface area contributed by atoms with Crippen LogP contribution in [0.1, 0.15) is 25.8 Å². The van der Waals surface area contributed by atoms with Gasteiger partial charge in [-0.1, -0.05) is 50.9 Å². The van der Waals surface area contributed by atoms with Crippen LogP contribution in [0.25, 0.3) is 33.5 Å². The Labute approximate surface area is 230 Å². The standard InChI is InChI=1S/C28H23Br2N3O4/c1-4-16(2)36-26-18(12-20(30)14-24(26)35-3)15-31-33-27(32-22-8-6-5-7-21(22)28(33)34)25-13-17-11-19(29)9-10-23(17)37-25/h5-16H,4H2,1-3H3/t16-/m1/s1. The van der Waals surface area contributed by atoms with Gasteiger partial charge in [-0.05, 0) is 61.9 Å². The van der Waals surface area contributed by atoms with Gasteiger partial charge in [-0.15, -0.1) is 0 Å². The summed E-state index contributed by atoms with van der Waals surface area (Å²) in [6.45, 7) is 4.03. The number of halogens is 2. The number of nitrogens with zero attached hydrogens (tertiary/aromatic N) is 3. The highest BCUT2D eigenvalue weighted by molar-refractivity contribution is 9.10. The minimum absolute atomic E-state index is 0.0438. The molecule has 3 aromatic carbocycles. The lowest BCUT2D eigenvalue weighted by Crippen LogP contribution is -2.20. The maximum atomic E-state index is 13.6. The zero-order valence-electron chi connectivity index (χ0n) is 20.4. The first-order valence-corrected chi connectivity index (χ1v) is 13.3. The molecule has 0 saturated heterocycles. The molecule has 0 unspecified atom stereocenters. The molecule has 0 bridgehead atoms. The van der Waals surface area contributed by atoms with Crippen LogP contribution < -0.4 is 15.0 Å². The number of rotatable bonds is 7. The van der Waals surface area contributed by atoms with Gasteiger partial charge in [-0.3, -0.25) is 4.79 Å². The molecule has 5 rings (SSSR count). The van der Waals surface area contributed by atoms with Gasteiger partial charge in [0.25, 0.3) is 5.56 Å². The van der Waals surface area contributed by atoms with Gasteiger partial charge >= 0.3 is 0 Å². The van der Waals surface area contributed by atoms with E-state index in [0.717, 1.165) is 20.8 Å². The molecule has 2 heterocycles. The highest BCUT2D eigenvalue weighted by atomic mass is 79.9. The monoisotopic (exact) mass is 623 g/mol. The maximum Gasteiger partial charge on any atom is 0.282 e. The summed E-state index contributed by atoms with van der Waals surface area (Å²) in [5.41, 5.74) is 1.56. The van der Waals surface area contributed by atoms with Crippen molar-refractivity contribution in [3.8, 4) is 23.1 Å². The van der Waals surface area contributed by atoms with Crippen LogP contribution in [0.3, 0.4) is 0 Å². The van der Waals surface area contributed by atoms with Gasteiger partial charge in [0.05, 0.1) is 30.3 Å². The van der Waals surface area contributed by atoms with E-state index in [4.69, 9.17) is 18.9 Å². The van der Waals surface area contributed by atoms with Crippen molar-refractivity contribution in [3.63, 3.8) is 0 Å². The molecule has 1 atom stereocenters. The molecule has 9 heteroatoms. The van der Waals surface area contributed by atoms with Crippen molar-refractivity contribution in [2.24, 2.45) is 5.10 Å². The van der Waals surface area contributed by atoms with E-state index in [-0.39, 0.29) is 11.7 Å². The lowest BCUT2D eigenvalue weighted by Gasteiger charge is -2.18. The van der Waals surface area contributed by atoms with Gasteiger partial charge in [0.2, 0.25) is 5.82 Å². The zero-order valence-corrected chi connectivity index (χ0v) is 23.5. The average Bonchev–Trinajstić information content (AvgIpc) is 3.32. The molecule has 0 fully saturated rings. The second-order valence-electron chi connectivity index (χ2n) is 8.47. The van der Waals surface area contributed by atoms with Crippen molar-refractivity contribution < 1.29 is 13.9 Å². The molecule has 0 aliphatic carbocycles. The molecule has 7 nitrogen and oxygen atoms in total. The summed E-state index contributed by atoms with van der Waals surface area (Å²) in [5.74, 6) is 1.82. The van der Waals surface area contributed by atoms with Crippen molar-refractivity contribution in [2.75, 3.05) is 7.11 Å². The van der Waals surface area contributed by atoms with Crippen molar-refractivity contribution in [3.05, 3.63) is 85.5 Å². The number of hydrogen-bond acceptors (Lipinski definition) is 6. The molecule has 5 aromatic rings. The molecule has 0 radical (unpaired) electrons. The Morgan fingerprint density at radius 2 is 1.92 bits per heavy atom. The minimum atomic E-state index is -0.315. The van der Waals surface area contributed by atoms with E-state index in [2.05, 4.69) is 37.0 Å². The van der Waals surface area contributed by atoms with Gasteiger partial charge in [0.15, 0.2) is 17.3 Å². The predicted molar refractivity (Wildman–Crippen MR) is 153 cm³/mol. The molecule has 0 aliphatic heterocycles. The van der Waals surface area contributed by atoms with Crippen molar-refractivity contribution in [1.29, 1.82) is 0 Å². The van der Waals surface area contributed by atoms with Gasteiger partial charge in [0.1, 0.15) is 5.58 Å². The number of furan rings is 1. The number of para-hydroxylation sites is 1. The molecular formula is C28H23Br2N3O4. The van der Waals surface area contributed by atoms with Crippen LogP contribution in [0.5, 0.6) is 11.5 Å². The average molecular weight is 625 g/mol. The van der Waals surface area contributed by atoms with E-state index >= 15 is 0 Å². The Morgan fingerprint density at radius 3 is 2.70 bits per heavy atom. The fourth-order valence-electron chi connectivity index (χ4n) is 3.88. The van der Waals surface area contributed by atoms with Crippen LogP contribution in [0.2, 0.25) is 0 Å². The summed E-state index contributed by atoms with van der Waals surface area (Å²) in [7, 11) is 1.59. The summed E-state index contributed by atoms with van der Waals surface area (Å²) >= 11 is 7.02. The fourth-order valence-corrected chi connectivity index (χ4v) is 4.71. The summed E-state index contributed by atoms with van der Waals surface area (Å²) in [6, 6.07) is 18.4. The number of benzene rings is 3. The fraction of sp³-hybridized carbons (Fsp3) is 0.179. The third kappa shape index (κ3) is 5.06. The maximum absolute atomic E-state index is 13.6. The van der Waals surface area contributed by atoms with Crippen LogP contribution in [0.15, 0.2) is 83.9 Å². The topological polar surface area (TPSA) is 78.9 Å². The van der Waals surface area contributed by atoms with E-state index in [0.29, 0.717) is 45.1 Å². The summed E-state index contributed by atoms with van der Waals surface area (Å²) in [6.07, 6.45) is 2.35. The predicted octanol–water partition coefficient (Wildman–Crippen LogP) is 7.40. The molecule has 0 aliphatic rings. The van der Waals surface area contributed by atoms with Crippen LogP contribution in [0.4, 0.5) is 0 Å². The number of aromatic nitrogens is 2.